The zero-order valence-electron chi connectivity index (χ0n) is 6.25. The summed E-state index contributed by atoms with van der Waals surface area (Å²) < 4.78 is -1.20. The Balaban J connectivity index is 3.18. The summed E-state index contributed by atoms with van der Waals surface area (Å²) in [5, 5.41) is 0. The number of nitrogens with two attached hydrogens (primary N) is 2. The molecule has 0 fully saturated rings. The molecule has 0 aromatic carbocycles. The van der Waals surface area contributed by atoms with Crippen molar-refractivity contribution >= 4 is 35.1 Å². The van der Waals surface area contributed by atoms with Crippen LogP contribution in [-0.2, 0) is 4.33 Å². The van der Waals surface area contributed by atoms with Gasteiger partial charge in [0.1, 0.15) is 0 Å². The van der Waals surface area contributed by atoms with E-state index in [1.54, 1.807) is 0 Å². The molecule has 1 rings (SSSR count). The van der Waals surface area contributed by atoms with Crippen molar-refractivity contribution in [2.24, 2.45) is 0 Å². The topological polar surface area (TPSA) is 90.7 Å². The van der Waals surface area contributed by atoms with Gasteiger partial charge in [0.15, 0.2) is 10.2 Å². The largest absolute Gasteiger partial charge is 0.368 e. The van der Waals surface area contributed by atoms with Crippen LogP contribution in [0.15, 0.2) is 0 Å². The second kappa shape index (κ2) is 2.91. The minimum absolute atomic E-state index is 0.00465. The first-order valence-electron chi connectivity index (χ1n) is 3.05. The van der Waals surface area contributed by atoms with Gasteiger partial charge in [-0.1, -0.05) is 23.2 Å². The van der Waals surface area contributed by atoms with Gasteiger partial charge in [0, 0.05) is 0 Å². The molecule has 7 heteroatoms. The summed E-state index contributed by atoms with van der Waals surface area (Å²) in [6.07, 6.45) is 0. The Morgan fingerprint density at radius 3 is 1.83 bits per heavy atom. The smallest absolute Gasteiger partial charge is 0.225 e. The fourth-order valence-electron chi connectivity index (χ4n) is 0.606. The Morgan fingerprint density at radius 2 is 1.50 bits per heavy atom. The third-order valence-electron chi connectivity index (χ3n) is 1.06. The van der Waals surface area contributed by atoms with Gasteiger partial charge in [-0.15, -0.1) is 0 Å². The predicted molar refractivity (Wildman–Crippen MR) is 47.7 cm³/mol. The van der Waals surface area contributed by atoms with Crippen molar-refractivity contribution in [1.29, 1.82) is 0 Å². The van der Waals surface area contributed by atoms with Gasteiger partial charge >= 0.3 is 0 Å². The summed E-state index contributed by atoms with van der Waals surface area (Å²) in [7, 11) is 0. The van der Waals surface area contributed by atoms with Crippen molar-refractivity contribution in [1.82, 2.24) is 15.0 Å². The summed E-state index contributed by atoms with van der Waals surface area (Å²) in [6, 6.07) is 0. The maximum absolute atomic E-state index is 5.70. The highest BCUT2D eigenvalue weighted by Crippen LogP contribution is 2.30. The molecular formula is C5H7Cl2N5. The quantitative estimate of drug-likeness (QED) is 0.662. The normalized spacial score (nSPS) is 11.6. The molecule has 0 aliphatic carbocycles. The summed E-state index contributed by atoms with van der Waals surface area (Å²) in [5.74, 6) is 0.158. The van der Waals surface area contributed by atoms with E-state index in [1.807, 2.05) is 0 Å². The fraction of sp³-hybridized carbons (Fsp3) is 0.400. The number of nitrogen functional groups attached to an aromatic ring is 2. The van der Waals surface area contributed by atoms with Crippen molar-refractivity contribution in [3.63, 3.8) is 0 Å². The average molecular weight is 208 g/mol. The van der Waals surface area contributed by atoms with Crippen molar-refractivity contribution in [3.8, 4) is 0 Å². The molecule has 1 aromatic rings. The first-order valence-corrected chi connectivity index (χ1v) is 3.80. The van der Waals surface area contributed by atoms with Crippen LogP contribution >= 0.6 is 23.2 Å². The minimum Gasteiger partial charge on any atom is -0.368 e. The van der Waals surface area contributed by atoms with Crippen LogP contribution < -0.4 is 11.5 Å². The van der Waals surface area contributed by atoms with Gasteiger partial charge in [0.2, 0.25) is 11.9 Å². The van der Waals surface area contributed by atoms with Crippen LogP contribution in [0.1, 0.15) is 12.7 Å². The van der Waals surface area contributed by atoms with E-state index in [1.165, 1.54) is 6.92 Å². The Morgan fingerprint density at radius 1 is 1.08 bits per heavy atom. The highest BCUT2D eigenvalue weighted by molar-refractivity contribution is 6.47. The lowest BCUT2D eigenvalue weighted by Crippen LogP contribution is -2.14. The Kier molecular flexibility index (Phi) is 2.25. The maximum Gasteiger partial charge on any atom is 0.225 e. The summed E-state index contributed by atoms with van der Waals surface area (Å²) >= 11 is 11.4. The third-order valence-corrected chi connectivity index (χ3v) is 1.40. The molecule has 0 spiro atoms. The predicted octanol–water partition coefficient (Wildman–Crippen LogP) is 0.686. The van der Waals surface area contributed by atoms with E-state index in [-0.39, 0.29) is 17.7 Å². The monoisotopic (exact) mass is 207 g/mol. The van der Waals surface area contributed by atoms with E-state index in [4.69, 9.17) is 34.7 Å². The molecule has 0 unspecified atom stereocenters. The second-order valence-corrected chi connectivity index (χ2v) is 3.97. The molecule has 0 aliphatic heterocycles. The van der Waals surface area contributed by atoms with E-state index in [2.05, 4.69) is 15.0 Å². The van der Waals surface area contributed by atoms with Crippen molar-refractivity contribution in [2.45, 2.75) is 11.3 Å². The molecule has 66 valence electrons. The molecule has 0 atom stereocenters. The van der Waals surface area contributed by atoms with Crippen LogP contribution in [-0.4, -0.2) is 15.0 Å². The van der Waals surface area contributed by atoms with Crippen LogP contribution in [0.4, 0.5) is 11.9 Å². The van der Waals surface area contributed by atoms with Crippen LogP contribution in [0.2, 0.25) is 0 Å². The molecule has 0 amide bonds. The van der Waals surface area contributed by atoms with E-state index < -0.39 is 4.33 Å². The SMILES string of the molecule is CC(Cl)(Cl)c1nc(N)nc(N)n1. The number of halogens is 2. The molecular weight excluding hydrogens is 201 g/mol. The summed E-state index contributed by atoms with van der Waals surface area (Å²) in [5.41, 5.74) is 10.6. The average Bonchev–Trinajstić information content (AvgIpc) is 1.82. The summed E-state index contributed by atoms with van der Waals surface area (Å²) in [6.45, 7) is 1.52. The molecule has 0 radical (unpaired) electrons. The van der Waals surface area contributed by atoms with Crippen molar-refractivity contribution < 1.29 is 0 Å². The maximum atomic E-state index is 5.70. The molecule has 0 saturated heterocycles. The van der Waals surface area contributed by atoms with Gasteiger partial charge in [0.25, 0.3) is 0 Å². The fourth-order valence-corrected chi connectivity index (χ4v) is 0.775. The van der Waals surface area contributed by atoms with E-state index >= 15 is 0 Å². The lowest BCUT2D eigenvalue weighted by atomic mass is 10.4. The van der Waals surface area contributed by atoms with Crippen LogP contribution in [0.3, 0.4) is 0 Å². The minimum atomic E-state index is -1.20. The highest BCUT2D eigenvalue weighted by Gasteiger charge is 2.24. The third kappa shape index (κ3) is 2.09. The Hall–Kier alpha value is -0.810. The zero-order chi connectivity index (χ0) is 9.35. The van der Waals surface area contributed by atoms with Crippen LogP contribution in [0, 0.1) is 0 Å². The van der Waals surface area contributed by atoms with Gasteiger partial charge < -0.3 is 11.5 Å². The number of anilines is 2. The zero-order valence-corrected chi connectivity index (χ0v) is 7.76. The van der Waals surface area contributed by atoms with Crippen LogP contribution in [0.5, 0.6) is 0 Å². The number of rotatable bonds is 1. The number of alkyl halides is 2. The number of nitrogens with zero attached hydrogens (tertiary/aromatic N) is 3. The molecule has 0 saturated carbocycles. The van der Waals surface area contributed by atoms with Gasteiger partial charge in [0.05, 0.1) is 0 Å². The number of hydrogen-bond acceptors (Lipinski definition) is 5. The highest BCUT2D eigenvalue weighted by atomic mass is 35.5. The van der Waals surface area contributed by atoms with E-state index in [0.717, 1.165) is 0 Å². The Bertz CT molecular complexity index is 274. The van der Waals surface area contributed by atoms with E-state index in [0.29, 0.717) is 0 Å². The lowest BCUT2D eigenvalue weighted by Gasteiger charge is -2.10. The van der Waals surface area contributed by atoms with Crippen molar-refractivity contribution in [2.75, 3.05) is 11.5 Å². The molecule has 0 bridgehead atoms. The molecule has 1 heterocycles. The first-order chi connectivity index (χ1) is 5.39. The number of hydrogen-bond donors (Lipinski definition) is 2. The van der Waals surface area contributed by atoms with Crippen molar-refractivity contribution in [3.05, 3.63) is 5.82 Å². The standard InChI is InChI=1S/C5H7Cl2N5/c1-5(6,7)2-10-3(8)12-4(9)11-2/h1H3,(H4,8,9,10,11,12). The lowest BCUT2D eigenvalue weighted by molar-refractivity contribution is 0.832. The molecule has 1 aromatic heterocycles. The Labute approximate surface area is 79.1 Å². The molecule has 0 aliphatic rings. The van der Waals surface area contributed by atoms with Gasteiger partial charge in [-0.2, -0.15) is 15.0 Å². The van der Waals surface area contributed by atoms with Gasteiger partial charge in [-0.05, 0) is 6.92 Å². The number of aromatic nitrogens is 3. The molecule has 4 N–H and O–H groups in total. The van der Waals surface area contributed by atoms with Gasteiger partial charge in [-0.25, -0.2) is 0 Å². The van der Waals surface area contributed by atoms with Gasteiger partial charge in [-0.3, -0.25) is 0 Å². The van der Waals surface area contributed by atoms with Crippen LogP contribution in [0.25, 0.3) is 0 Å². The summed E-state index contributed by atoms with van der Waals surface area (Å²) in [4.78, 5) is 11.0. The second-order valence-electron chi connectivity index (χ2n) is 2.26. The van der Waals surface area contributed by atoms with E-state index in [9.17, 15) is 0 Å². The first kappa shape index (κ1) is 9.28. The molecule has 5 nitrogen and oxygen atoms in total. The molecule has 12 heavy (non-hydrogen) atoms.